The van der Waals surface area contributed by atoms with E-state index in [1.165, 1.54) is 7.11 Å². The number of nitrogens with one attached hydrogen (secondary N) is 2. The molecule has 0 atom stereocenters. The van der Waals surface area contributed by atoms with E-state index in [1.807, 2.05) is 18.2 Å². The van der Waals surface area contributed by atoms with Crippen molar-refractivity contribution in [3.8, 4) is 0 Å². The number of carbonyl (C=O) groups excluding carboxylic acids is 1. The van der Waals surface area contributed by atoms with E-state index in [1.54, 1.807) is 6.07 Å². The summed E-state index contributed by atoms with van der Waals surface area (Å²) in [5.41, 5.74) is 2.02. The minimum absolute atomic E-state index is 0.350. The second-order valence-electron chi connectivity index (χ2n) is 3.73. The summed E-state index contributed by atoms with van der Waals surface area (Å²) in [5, 5.41) is 0.654. The number of benzene rings is 1. The Kier molecular flexibility index (Phi) is 3.84. The molecule has 6 heteroatoms. The van der Waals surface area contributed by atoms with Crippen LogP contribution in [0, 0.1) is 4.77 Å². The average molecular weight is 283 g/mol. The van der Waals surface area contributed by atoms with Crippen molar-refractivity contribution >= 4 is 29.8 Å². The number of esters is 1. The number of hydrogen-bond acceptors (Lipinski definition) is 3. The van der Waals surface area contributed by atoms with E-state index in [0.717, 1.165) is 5.56 Å². The molecule has 1 aromatic heterocycles. The lowest BCUT2D eigenvalue weighted by Crippen LogP contribution is -2.06. The number of H-pyrrole nitrogens is 2. The van der Waals surface area contributed by atoms with Crippen LogP contribution in [0.25, 0.3) is 0 Å². The van der Waals surface area contributed by atoms with Gasteiger partial charge in [0.05, 0.1) is 12.8 Å². The monoisotopic (exact) mass is 282 g/mol. The van der Waals surface area contributed by atoms with Gasteiger partial charge in [0.1, 0.15) is 5.69 Å². The molecule has 18 heavy (non-hydrogen) atoms. The molecule has 0 saturated carbocycles. The third-order valence-electron chi connectivity index (χ3n) is 2.46. The Morgan fingerprint density at radius 2 is 2.22 bits per heavy atom. The van der Waals surface area contributed by atoms with Gasteiger partial charge in [0.25, 0.3) is 0 Å². The Hall–Kier alpha value is -1.59. The van der Waals surface area contributed by atoms with Crippen LogP contribution in [0.2, 0.25) is 5.02 Å². The van der Waals surface area contributed by atoms with E-state index in [2.05, 4.69) is 14.7 Å². The van der Waals surface area contributed by atoms with Gasteiger partial charge in [-0.25, -0.2) is 4.79 Å². The van der Waals surface area contributed by atoms with Crippen LogP contribution in [0.1, 0.15) is 21.7 Å². The van der Waals surface area contributed by atoms with Crippen LogP contribution in [0.3, 0.4) is 0 Å². The maximum Gasteiger partial charge on any atom is 0.356 e. The number of aromatic nitrogens is 2. The first-order valence-electron chi connectivity index (χ1n) is 5.24. The average Bonchev–Trinajstić information content (AvgIpc) is 2.69. The fourth-order valence-corrected chi connectivity index (χ4v) is 2.12. The molecule has 1 heterocycles. The van der Waals surface area contributed by atoms with Crippen molar-refractivity contribution in [1.82, 2.24) is 9.97 Å². The Labute approximate surface area is 114 Å². The van der Waals surface area contributed by atoms with Crippen molar-refractivity contribution in [1.29, 1.82) is 0 Å². The van der Waals surface area contributed by atoms with Gasteiger partial charge >= 0.3 is 5.97 Å². The number of aromatic amines is 2. The van der Waals surface area contributed by atoms with Gasteiger partial charge in [0.2, 0.25) is 0 Å². The summed E-state index contributed by atoms with van der Waals surface area (Å²) in [6.45, 7) is 0. The lowest BCUT2D eigenvalue weighted by atomic mass is 10.1. The van der Waals surface area contributed by atoms with E-state index in [9.17, 15) is 4.79 Å². The van der Waals surface area contributed by atoms with Gasteiger partial charge in [0, 0.05) is 11.4 Å². The zero-order chi connectivity index (χ0) is 13.1. The molecule has 0 fully saturated rings. The molecule has 94 valence electrons. The molecule has 0 bridgehead atoms. The normalized spacial score (nSPS) is 10.3. The highest BCUT2D eigenvalue weighted by Crippen LogP contribution is 2.16. The molecule has 0 aliphatic heterocycles. The molecule has 0 saturated heterocycles. The fraction of sp³-hybridized carbons (Fsp3) is 0.167. The summed E-state index contributed by atoms with van der Waals surface area (Å²) in [6, 6.07) is 7.42. The lowest BCUT2D eigenvalue weighted by molar-refractivity contribution is 0.0593. The van der Waals surface area contributed by atoms with Gasteiger partial charge in [0.15, 0.2) is 4.77 Å². The van der Waals surface area contributed by atoms with E-state index >= 15 is 0 Å². The summed E-state index contributed by atoms with van der Waals surface area (Å²) < 4.78 is 5.08. The van der Waals surface area contributed by atoms with Crippen LogP contribution in [-0.4, -0.2) is 23.0 Å². The number of ether oxygens (including phenoxy) is 1. The largest absolute Gasteiger partial charge is 0.464 e. The van der Waals surface area contributed by atoms with E-state index in [4.69, 9.17) is 23.8 Å². The third-order valence-corrected chi connectivity index (χ3v) is 2.90. The predicted octanol–water partition coefficient (Wildman–Crippen LogP) is 3.10. The van der Waals surface area contributed by atoms with Crippen LogP contribution >= 0.6 is 23.8 Å². The summed E-state index contributed by atoms with van der Waals surface area (Å²) in [7, 11) is 1.33. The number of imidazole rings is 1. The maximum atomic E-state index is 11.6. The number of carbonyl (C=O) groups is 1. The van der Waals surface area contributed by atoms with Gasteiger partial charge < -0.3 is 14.7 Å². The molecule has 2 rings (SSSR count). The quantitative estimate of drug-likeness (QED) is 0.672. The number of methoxy groups -OCH3 is 1. The minimum atomic E-state index is -0.445. The van der Waals surface area contributed by atoms with Crippen molar-refractivity contribution in [3.05, 3.63) is 51.0 Å². The maximum absolute atomic E-state index is 11.6. The van der Waals surface area contributed by atoms with Crippen molar-refractivity contribution in [2.45, 2.75) is 6.42 Å². The zero-order valence-electron chi connectivity index (χ0n) is 9.62. The van der Waals surface area contributed by atoms with E-state index < -0.39 is 5.97 Å². The van der Waals surface area contributed by atoms with Crippen molar-refractivity contribution in [2.24, 2.45) is 0 Å². The molecular formula is C12H11ClN2O2S. The highest BCUT2D eigenvalue weighted by molar-refractivity contribution is 7.71. The number of hydrogen-bond donors (Lipinski definition) is 2. The smallest absolute Gasteiger partial charge is 0.356 e. The Morgan fingerprint density at radius 3 is 2.89 bits per heavy atom. The van der Waals surface area contributed by atoms with Gasteiger partial charge in [-0.2, -0.15) is 0 Å². The number of rotatable bonds is 3. The second kappa shape index (κ2) is 5.37. The van der Waals surface area contributed by atoms with Crippen molar-refractivity contribution in [2.75, 3.05) is 7.11 Å². The Morgan fingerprint density at radius 1 is 1.44 bits per heavy atom. The highest BCUT2D eigenvalue weighted by atomic mass is 35.5. The van der Waals surface area contributed by atoms with Crippen molar-refractivity contribution in [3.63, 3.8) is 0 Å². The van der Waals surface area contributed by atoms with E-state index in [-0.39, 0.29) is 0 Å². The molecule has 0 aliphatic rings. The number of halogens is 1. The van der Waals surface area contributed by atoms with Gasteiger partial charge in [-0.15, -0.1) is 0 Å². The Bertz CT molecular complexity index is 633. The molecule has 2 N–H and O–H groups in total. The SMILES string of the molecule is COC(=O)c1[nH]c(=S)[nH]c1Cc1cccc(Cl)c1. The first kappa shape index (κ1) is 12.9. The first-order chi connectivity index (χ1) is 8.60. The molecule has 0 radical (unpaired) electrons. The second-order valence-corrected chi connectivity index (χ2v) is 4.58. The van der Waals surface area contributed by atoms with Crippen LogP contribution in [-0.2, 0) is 11.2 Å². The lowest BCUT2D eigenvalue weighted by Gasteiger charge is -2.02. The molecule has 4 nitrogen and oxygen atoms in total. The molecule has 0 unspecified atom stereocenters. The summed E-state index contributed by atoms with van der Waals surface area (Å²) in [5.74, 6) is -0.445. The van der Waals surface area contributed by atoms with Crippen LogP contribution in [0.15, 0.2) is 24.3 Å². The minimum Gasteiger partial charge on any atom is -0.464 e. The molecule has 2 aromatic rings. The van der Waals surface area contributed by atoms with Crippen LogP contribution < -0.4 is 0 Å². The fourth-order valence-electron chi connectivity index (χ4n) is 1.68. The molecular weight excluding hydrogens is 272 g/mol. The van der Waals surface area contributed by atoms with Gasteiger partial charge in [-0.3, -0.25) is 0 Å². The predicted molar refractivity (Wildman–Crippen MR) is 71.6 cm³/mol. The molecule has 0 spiro atoms. The third kappa shape index (κ3) is 2.80. The Balaban J connectivity index is 2.34. The standard InChI is InChI=1S/C12H11ClN2O2S/c1-17-11(16)10-9(14-12(18)15-10)6-7-3-2-4-8(13)5-7/h2-5H,6H2,1H3,(H2,14,15,18). The summed E-state index contributed by atoms with van der Waals surface area (Å²) in [4.78, 5) is 17.3. The topological polar surface area (TPSA) is 57.9 Å². The van der Waals surface area contributed by atoms with E-state index in [0.29, 0.717) is 27.6 Å². The highest BCUT2D eigenvalue weighted by Gasteiger charge is 2.14. The first-order valence-corrected chi connectivity index (χ1v) is 6.02. The summed E-state index contributed by atoms with van der Waals surface area (Å²) >= 11 is 10.9. The zero-order valence-corrected chi connectivity index (χ0v) is 11.2. The van der Waals surface area contributed by atoms with Crippen LogP contribution in [0.5, 0.6) is 0 Å². The molecule has 0 aliphatic carbocycles. The van der Waals surface area contributed by atoms with Crippen LogP contribution in [0.4, 0.5) is 0 Å². The van der Waals surface area contributed by atoms with Gasteiger partial charge in [-0.1, -0.05) is 23.7 Å². The van der Waals surface area contributed by atoms with Gasteiger partial charge in [-0.05, 0) is 29.9 Å². The molecule has 0 amide bonds. The molecule has 1 aromatic carbocycles. The van der Waals surface area contributed by atoms with Crippen molar-refractivity contribution < 1.29 is 9.53 Å². The summed E-state index contributed by atoms with van der Waals surface area (Å²) in [6.07, 6.45) is 0.526.